The van der Waals surface area contributed by atoms with E-state index in [0.717, 1.165) is 0 Å². The van der Waals surface area contributed by atoms with Crippen LogP contribution in [0.25, 0.3) is 0 Å². The summed E-state index contributed by atoms with van der Waals surface area (Å²) in [4.78, 5) is 3.74. The fraction of sp³-hybridized carbons (Fsp3) is 0.375. The van der Waals surface area contributed by atoms with Gasteiger partial charge in [-0.3, -0.25) is 0 Å². The highest BCUT2D eigenvalue weighted by atomic mass is 79.9. The summed E-state index contributed by atoms with van der Waals surface area (Å²) in [5, 5.41) is -0.154. The molecule has 5 nitrogen and oxygen atoms in total. The van der Waals surface area contributed by atoms with Gasteiger partial charge in [-0.05, 0) is 34.5 Å². The van der Waals surface area contributed by atoms with E-state index in [-0.39, 0.29) is 5.03 Å². The molecule has 0 fully saturated rings. The van der Waals surface area contributed by atoms with Crippen LogP contribution in [0.15, 0.2) is 21.8 Å². The molecule has 0 bridgehead atoms. The first-order chi connectivity index (χ1) is 7.62. The Bertz CT molecular complexity index is 627. The Labute approximate surface area is 113 Å². The van der Waals surface area contributed by atoms with Crippen LogP contribution in [0.2, 0.25) is 0 Å². The molecular weight excluding hydrogens is 354 g/mol. The molecule has 0 unspecified atom stereocenters. The third-order valence-corrected chi connectivity index (χ3v) is 5.78. The van der Waals surface area contributed by atoms with Gasteiger partial charge in [0.2, 0.25) is 9.05 Å². The summed E-state index contributed by atoms with van der Waals surface area (Å²) in [7, 11) is -2.59. The summed E-state index contributed by atoms with van der Waals surface area (Å²) < 4.78 is 45.6. The molecule has 0 N–H and O–H groups in total. The van der Waals surface area contributed by atoms with Crippen LogP contribution >= 0.6 is 26.6 Å². The summed E-state index contributed by atoms with van der Waals surface area (Å²) in [5.74, 6) is -1.21. The van der Waals surface area contributed by atoms with Crippen molar-refractivity contribution in [3.8, 4) is 0 Å². The van der Waals surface area contributed by atoms with Gasteiger partial charge < -0.3 is 0 Å². The third-order valence-electron chi connectivity index (χ3n) is 1.94. The van der Waals surface area contributed by atoms with Gasteiger partial charge >= 0.3 is 0 Å². The molecule has 96 valence electrons. The molecule has 1 rings (SSSR count). The molecule has 0 atom stereocenters. The minimum Gasteiger partial charge on any atom is -0.244 e. The summed E-state index contributed by atoms with van der Waals surface area (Å²) in [5.41, 5.74) is 0.701. The second-order valence-electron chi connectivity index (χ2n) is 3.33. The van der Waals surface area contributed by atoms with E-state index in [1.807, 2.05) is 0 Å². The molecule has 0 radical (unpaired) electrons. The Balaban J connectivity index is 3.02. The molecular formula is C8H9BrClNO4S2. The molecule has 0 saturated heterocycles. The van der Waals surface area contributed by atoms with Crippen LogP contribution in [0, 0.1) is 6.92 Å². The number of halogens is 2. The van der Waals surface area contributed by atoms with Gasteiger partial charge in [-0.2, -0.15) is 0 Å². The molecule has 0 spiro atoms. The molecule has 0 aliphatic carbocycles. The van der Waals surface area contributed by atoms with Crippen LogP contribution in [-0.2, 0) is 18.9 Å². The number of aromatic nitrogens is 1. The van der Waals surface area contributed by atoms with E-state index in [0.29, 0.717) is 10.0 Å². The highest BCUT2D eigenvalue weighted by molar-refractivity contribution is 9.10. The lowest BCUT2D eigenvalue weighted by atomic mass is 10.3. The van der Waals surface area contributed by atoms with Crippen molar-refractivity contribution in [3.05, 3.63) is 22.3 Å². The Morgan fingerprint density at radius 1 is 1.29 bits per heavy atom. The van der Waals surface area contributed by atoms with Crippen LogP contribution in [0.4, 0.5) is 0 Å². The van der Waals surface area contributed by atoms with Crippen LogP contribution < -0.4 is 0 Å². The van der Waals surface area contributed by atoms with Crippen molar-refractivity contribution in [2.45, 2.75) is 11.9 Å². The van der Waals surface area contributed by atoms with Crippen LogP contribution in [-0.4, -0.2) is 33.3 Å². The van der Waals surface area contributed by atoms with Crippen molar-refractivity contribution in [1.29, 1.82) is 0 Å². The van der Waals surface area contributed by atoms with Gasteiger partial charge in [0.25, 0.3) is 0 Å². The summed E-state index contributed by atoms with van der Waals surface area (Å²) >= 11 is 3.19. The molecule has 0 amide bonds. The predicted octanol–water partition coefficient (Wildman–Crippen LogP) is 1.49. The Kier molecular flexibility index (Phi) is 4.56. The summed E-state index contributed by atoms with van der Waals surface area (Å²) in [6.45, 7) is 1.71. The second-order valence-corrected chi connectivity index (χ2v) is 9.14. The first-order valence-corrected chi connectivity index (χ1v) is 9.31. The number of rotatable bonds is 4. The normalized spacial score (nSPS) is 12.6. The standard InChI is InChI=1S/C8H9BrClNO4S2/c1-6-4-8(11-5-7(6)9)16(12,13)2-3-17(10,14)15/h4-5H,2-3H2,1H3. The van der Waals surface area contributed by atoms with Crippen LogP contribution in [0.5, 0.6) is 0 Å². The van der Waals surface area contributed by atoms with E-state index in [2.05, 4.69) is 20.9 Å². The van der Waals surface area contributed by atoms with Gasteiger partial charge in [0.15, 0.2) is 14.9 Å². The number of nitrogens with zero attached hydrogens (tertiary/aromatic N) is 1. The van der Waals surface area contributed by atoms with Crippen molar-refractivity contribution in [2.75, 3.05) is 11.5 Å². The lowest BCUT2D eigenvalue weighted by Crippen LogP contribution is -2.15. The van der Waals surface area contributed by atoms with E-state index in [1.165, 1.54) is 12.3 Å². The van der Waals surface area contributed by atoms with E-state index >= 15 is 0 Å². The van der Waals surface area contributed by atoms with E-state index in [4.69, 9.17) is 10.7 Å². The maximum absolute atomic E-state index is 11.7. The van der Waals surface area contributed by atoms with Crippen LogP contribution in [0.1, 0.15) is 5.56 Å². The molecule has 1 aromatic heterocycles. The monoisotopic (exact) mass is 361 g/mol. The molecule has 0 aliphatic rings. The molecule has 0 aliphatic heterocycles. The van der Waals surface area contributed by atoms with Gasteiger partial charge in [-0.25, -0.2) is 21.8 Å². The van der Waals surface area contributed by atoms with Crippen molar-refractivity contribution in [1.82, 2.24) is 4.98 Å². The van der Waals surface area contributed by atoms with Crippen molar-refractivity contribution < 1.29 is 16.8 Å². The molecule has 1 aromatic rings. The van der Waals surface area contributed by atoms with Gasteiger partial charge in [0, 0.05) is 21.4 Å². The molecule has 0 saturated carbocycles. The molecule has 1 heterocycles. The minimum absolute atomic E-state index is 0.154. The van der Waals surface area contributed by atoms with Crippen molar-refractivity contribution in [3.63, 3.8) is 0 Å². The van der Waals surface area contributed by atoms with Gasteiger partial charge in [0.1, 0.15) is 0 Å². The minimum atomic E-state index is -3.83. The number of aryl methyl sites for hydroxylation is 1. The fourth-order valence-corrected chi connectivity index (χ4v) is 4.23. The number of sulfone groups is 1. The molecule has 0 aromatic carbocycles. The SMILES string of the molecule is Cc1cc(S(=O)(=O)CCS(=O)(=O)Cl)ncc1Br. The zero-order chi connectivity index (χ0) is 13.3. The Morgan fingerprint density at radius 2 is 1.88 bits per heavy atom. The summed E-state index contributed by atoms with van der Waals surface area (Å²) in [6, 6.07) is 1.38. The van der Waals surface area contributed by atoms with Gasteiger partial charge in [0.05, 0.1) is 11.5 Å². The molecule has 9 heteroatoms. The second kappa shape index (κ2) is 5.21. The first kappa shape index (κ1) is 14.9. The quantitative estimate of drug-likeness (QED) is 0.758. The Hall–Kier alpha value is -0.180. The average molecular weight is 363 g/mol. The number of hydrogen-bond acceptors (Lipinski definition) is 5. The molecule has 17 heavy (non-hydrogen) atoms. The first-order valence-electron chi connectivity index (χ1n) is 4.39. The summed E-state index contributed by atoms with van der Waals surface area (Å²) in [6.07, 6.45) is 1.36. The maximum atomic E-state index is 11.7. The van der Waals surface area contributed by atoms with Gasteiger partial charge in [-0.15, -0.1) is 0 Å². The smallest absolute Gasteiger partial charge is 0.233 e. The number of hydrogen-bond donors (Lipinski definition) is 0. The van der Waals surface area contributed by atoms with E-state index < -0.39 is 30.4 Å². The van der Waals surface area contributed by atoms with Gasteiger partial charge in [-0.1, -0.05) is 0 Å². The van der Waals surface area contributed by atoms with Crippen molar-refractivity contribution >= 4 is 45.5 Å². The highest BCUT2D eigenvalue weighted by Gasteiger charge is 2.20. The zero-order valence-electron chi connectivity index (χ0n) is 8.72. The zero-order valence-corrected chi connectivity index (χ0v) is 12.7. The topological polar surface area (TPSA) is 81.2 Å². The lowest BCUT2D eigenvalue weighted by Gasteiger charge is -2.04. The average Bonchev–Trinajstić information content (AvgIpc) is 2.18. The van der Waals surface area contributed by atoms with Crippen molar-refractivity contribution in [2.24, 2.45) is 0 Å². The number of pyridine rings is 1. The largest absolute Gasteiger partial charge is 0.244 e. The Morgan fingerprint density at radius 3 is 2.35 bits per heavy atom. The fourth-order valence-electron chi connectivity index (χ4n) is 0.997. The maximum Gasteiger partial charge on any atom is 0.233 e. The highest BCUT2D eigenvalue weighted by Crippen LogP contribution is 2.18. The van der Waals surface area contributed by atoms with Crippen LogP contribution in [0.3, 0.4) is 0 Å². The van der Waals surface area contributed by atoms with E-state index in [9.17, 15) is 16.8 Å². The van der Waals surface area contributed by atoms with E-state index in [1.54, 1.807) is 6.92 Å². The predicted molar refractivity (Wildman–Crippen MR) is 68.4 cm³/mol. The third kappa shape index (κ3) is 4.53. The lowest BCUT2D eigenvalue weighted by molar-refractivity contribution is 0.589.